The number of rotatable bonds is 7. The van der Waals surface area contributed by atoms with E-state index in [0.717, 1.165) is 32.5 Å². The normalized spacial score (nSPS) is 16.4. The summed E-state index contributed by atoms with van der Waals surface area (Å²) in [6, 6.07) is 22.1. The van der Waals surface area contributed by atoms with Crippen LogP contribution in [0.2, 0.25) is 0 Å². The summed E-state index contributed by atoms with van der Waals surface area (Å²) < 4.78 is 45.6. The lowest BCUT2D eigenvalue weighted by Gasteiger charge is -2.39. The zero-order chi connectivity index (χ0) is 23.5. The van der Waals surface area contributed by atoms with Gasteiger partial charge in [0.15, 0.2) is 11.5 Å². The number of fused-ring (bicyclic) bond motifs is 1. The molecule has 178 valence electrons. The SMILES string of the molecule is COc1ccc(S(=O)(=O)N(c2ccc3c(c2)OCO3)C2CCN(Cc3ccccc3)CC2)cc1. The van der Waals surface area contributed by atoms with E-state index < -0.39 is 10.0 Å². The number of anilines is 1. The highest BCUT2D eigenvalue weighted by Crippen LogP contribution is 2.39. The smallest absolute Gasteiger partial charge is 0.264 e. The van der Waals surface area contributed by atoms with Crippen LogP contribution in [0.4, 0.5) is 5.69 Å². The molecule has 2 aliphatic rings. The fraction of sp³-hybridized carbons (Fsp3) is 0.308. The summed E-state index contributed by atoms with van der Waals surface area (Å²) in [4.78, 5) is 2.61. The predicted octanol–water partition coefficient (Wildman–Crippen LogP) is 4.28. The Bertz CT molecular complexity index is 1220. The van der Waals surface area contributed by atoms with E-state index >= 15 is 0 Å². The van der Waals surface area contributed by atoms with Gasteiger partial charge in [-0.1, -0.05) is 30.3 Å². The molecule has 1 saturated heterocycles. The largest absolute Gasteiger partial charge is 0.497 e. The lowest BCUT2D eigenvalue weighted by atomic mass is 10.0. The predicted molar refractivity (Wildman–Crippen MR) is 130 cm³/mol. The molecule has 0 bridgehead atoms. The Hall–Kier alpha value is -3.23. The summed E-state index contributed by atoms with van der Waals surface area (Å²) in [5.41, 5.74) is 1.85. The molecule has 8 heteroatoms. The Balaban J connectivity index is 1.42. The van der Waals surface area contributed by atoms with Gasteiger partial charge in [0, 0.05) is 31.7 Å². The molecular weight excluding hydrogens is 452 g/mol. The molecule has 0 aromatic heterocycles. The third-order valence-corrected chi connectivity index (χ3v) is 8.26. The average Bonchev–Trinajstić information content (AvgIpc) is 3.34. The lowest BCUT2D eigenvalue weighted by molar-refractivity contribution is 0.174. The maximum atomic E-state index is 13.9. The summed E-state index contributed by atoms with van der Waals surface area (Å²) in [5, 5.41) is 0. The van der Waals surface area contributed by atoms with Gasteiger partial charge in [-0.05, 0) is 54.8 Å². The number of likely N-dealkylation sites (tertiary alicyclic amines) is 1. The maximum absolute atomic E-state index is 13.9. The molecule has 5 rings (SSSR count). The highest BCUT2D eigenvalue weighted by atomic mass is 32.2. The third-order valence-electron chi connectivity index (χ3n) is 6.36. The van der Waals surface area contributed by atoms with Crippen LogP contribution >= 0.6 is 0 Å². The quantitative estimate of drug-likeness (QED) is 0.503. The van der Waals surface area contributed by atoms with Crippen LogP contribution in [0.5, 0.6) is 17.2 Å². The molecule has 34 heavy (non-hydrogen) atoms. The number of benzene rings is 3. The van der Waals surface area contributed by atoms with Gasteiger partial charge in [0.1, 0.15) is 5.75 Å². The first-order valence-electron chi connectivity index (χ1n) is 11.4. The van der Waals surface area contributed by atoms with E-state index in [1.165, 1.54) is 5.56 Å². The van der Waals surface area contributed by atoms with Crippen molar-refractivity contribution in [2.45, 2.75) is 30.3 Å². The molecule has 0 N–H and O–H groups in total. The first-order valence-corrected chi connectivity index (χ1v) is 12.8. The first-order chi connectivity index (χ1) is 16.5. The van der Waals surface area contributed by atoms with Crippen molar-refractivity contribution in [1.82, 2.24) is 4.90 Å². The molecule has 0 saturated carbocycles. The van der Waals surface area contributed by atoms with E-state index in [1.54, 1.807) is 53.9 Å². The fourth-order valence-corrected chi connectivity index (χ4v) is 6.28. The van der Waals surface area contributed by atoms with E-state index in [2.05, 4.69) is 17.0 Å². The second-order valence-corrected chi connectivity index (χ2v) is 10.3. The van der Waals surface area contributed by atoms with Gasteiger partial charge in [0.2, 0.25) is 6.79 Å². The van der Waals surface area contributed by atoms with Gasteiger partial charge in [0.05, 0.1) is 17.7 Å². The number of sulfonamides is 1. The number of hydrogen-bond donors (Lipinski definition) is 0. The highest BCUT2D eigenvalue weighted by Gasteiger charge is 2.35. The zero-order valence-corrected chi connectivity index (χ0v) is 19.9. The van der Waals surface area contributed by atoms with Crippen molar-refractivity contribution in [3.8, 4) is 17.2 Å². The maximum Gasteiger partial charge on any atom is 0.264 e. The van der Waals surface area contributed by atoms with Crippen molar-refractivity contribution in [1.29, 1.82) is 0 Å². The summed E-state index contributed by atoms with van der Waals surface area (Å²) >= 11 is 0. The van der Waals surface area contributed by atoms with Crippen LogP contribution in [-0.4, -0.2) is 46.4 Å². The van der Waals surface area contributed by atoms with E-state index in [4.69, 9.17) is 14.2 Å². The van der Waals surface area contributed by atoms with E-state index in [0.29, 0.717) is 22.9 Å². The molecule has 0 amide bonds. The summed E-state index contributed by atoms with van der Waals surface area (Å²) in [5.74, 6) is 1.81. The Morgan fingerprint density at radius 2 is 1.65 bits per heavy atom. The van der Waals surface area contributed by atoms with Gasteiger partial charge in [-0.15, -0.1) is 0 Å². The minimum atomic E-state index is -3.81. The minimum Gasteiger partial charge on any atom is -0.497 e. The van der Waals surface area contributed by atoms with Crippen molar-refractivity contribution >= 4 is 15.7 Å². The molecule has 3 aromatic carbocycles. The highest BCUT2D eigenvalue weighted by molar-refractivity contribution is 7.92. The lowest BCUT2D eigenvalue weighted by Crippen LogP contribution is -2.47. The van der Waals surface area contributed by atoms with E-state index in [1.807, 2.05) is 18.2 Å². The van der Waals surface area contributed by atoms with E-state index in [-0.39, 0.29) is 17.7 Å². The number of piperidine rings is 1. The van der Waals surface area contributed by atoms with Crippen molar-refractivity contribution in [2.75, 3.05) is 31.3 Å². The van der Waals surface area contributed by atoms with Gasteiger partial charge in [-0.2, -0.15) is 0 Å². The molecule has 7 nitrogen and oxygen atoms in total. The van der Waals surface area contributed by atoms with Crippen LogP contribution in [0.1, 0.15) is 18.4 Å². The minimum absolute atomic E-state index is 0.141. The fourth-order valence-electron chi connectivity index (χ4n) is 4.58. The molecule has 0 spiro atoms. The molecular formula is C26H28N2O5S. The van der Waals surface area contributed by atoms with Crippen molar-refractivity contribution < 1.29 is 22.6 Å². The molecule has 0 radical (unpaired) electrons. The Labute approximate surface area is 200 Å². The Morgan fingerprint density at radius 3 is 2.35 bits per heavy atom. The zero-order valence-electron chi connectivity index (χ0n) is 19.1. The standard InChI is InChI=1S/C26H28N2O5S/c1-31-23-8-10-24(11-9-23)34(29,30)28(22-7-12-25-26(17-22)33-19-32-25)21-13-15-27(16-14-21)18-20-5-3-2-4-6-20/h2-12,17,21H,13-16,18-19H2,1H3. The summed E-state index contributed by atoms with van der Waals surface area (Å²) in [6.07, 6.45) is 1.47. The molecule has 2 heterocycles. The molecule has 0 atom stereocenters. The monoisotopic (exact) mass is 480 g/mol. The second-order valence-electron chi connectivity index (χ2n) is 8.51. The average molecular weight is 481 g/mol. The van der Waals surface area contributed by atoms with Crippen LogP contribution in [0.3, 0.4) is 0 Å². The van der Waals surface area contributed by atoms with Gasteiger partial charge in [-0.3, -0.25) is 9.21 Å². The van der Waals surface area contributed by atoms with Crippen LogP contribution < -0.4 is 18.5 Å². The van der Waals surface area contributed by atoms with E-state index in [9.17, 15) is 8.42 Å². The van der Waals surface area contributed by atoms with Crippen LogP contribution in [0.15, 0.2) is 77.7 Å². The van der Waals surface area contributed by atoms with Crippen molar-refractivity contribution in [2.24, 2.45) is 0 Å². The number of hydrogen-bond acceptors (Lipinski definition) is 6. The number of methoxy groups -OCH3 is 1. The van der Waals surface area contributed by atoms with Crippen LogP contribution in [-0.2, 0) is 16.6 Å². The first kappa shape index (κ1) is 22.6. The van der Waals surface area contributed by atoms with Crippen molar-refractivity contribution in [3.05, 3.63) is 78.4 Å². The van der Waals surface area contributed by atoms with Gasteiger partial charge >= 0.3 is 0 Å². The molecule has 2 aliphatic heterocycles. The summed E-state index contributed by atoms with van der Waals surface area (Å²) in [6.45, 7) is 2.64. The van der Waals surface area contributed by atoms with Crippen LogP contribution in [0, 0.1) is 0 Å². The van der Waals surface area contributed by atoms with Crippen LogP contribution in [0.25, 0.3) is 0 Å². The number of nitrogens with zero attached hydrogens (tertiary/aromatic N) is 2. The Morgan fingerprint density at radius 1 is 0.941 bits per heavy atom. The third kappa shape index (κ3) is 4.56. The topological polar surface area (TPSA) is 68.3 Å². The molecule has 0 unspecified atom stereocenters. The van der Waals surface area contributed by atoms with Gasteiger partial charge in [-0.25, -0.2) is 8.42 Å². The molecule has 3 aromatic rings. The number of ether oxygens (including phenoxy) is 3. The molecule has 0 aliphatic carbocycles. The molecule has 1 fully saturated rings. The van der Waals surface area contributed by atoms with Gasteiger partial charge in [0.25, 0.3) is 10.0 Å². The second kappa shape index (κ2) is 9.56. The Kier molecular flexibility index (Phi) is 6.34. The summed E-state index contributed by atoms with van der Waals surface area (Å²) in [7, 11) is -2.25. The van der Waals surface area contributed by atoms with Gasteiger partial charge < -0.3 is 14.2 Å². The van der Waals surface area contributed by atoms with Crippen molar-refractivity contribution in [3.63, 3.8) is 0 Å².